The van der Waals surface area contributed by atoms with Crippen LogP contribution in [0.15, 0.2) is 42.5 Å². The zero-order chi connectivity index (χ0) is 21.1. The topological polar surface area (TPSA) is 153 Å². The third-order valence-electron chi connectivity index (χ3n) is 4.57. The van der Waals surface area contributed by atoms with Crippen molar-refractivity contribution in [3.8, 4) is 11.5 Å². The molecule has 0 spiro atoms. The molecule has 2 N–H and O–H groups in total. The highest BCUT2D eigenvalue weighted by Crippen LogP contribution is 2.39. The van der Waals surface area contributed by atoms with E-state index in [0.717, 1.165) is 6.07 Å². The van der Waals surface area contributed by atoms with Crippen LogP contribution in [-0.2, 0) is 9.59 Å². The number of carbonyl (C=O) groups excluding carboxylic acids is 1. The highest BCUT2D eigenvalue weighted by atomic mass is 16.7. The smallest absolute Gasteiger partial charge is 0.318 e. The zero-order valence-electron chi connectivity index (χ0n) is 14.8. The first-order chi connectivity index (χ1) is 13.8. The molecule has 0 fully saturated rings. The monoisotopic (exact) mass is 401 g/mol. The van der Waals surface area contributed by atoms with Crippen LogP contribution >= 0.6 is 0 Å². The fourth-order valence-corrected chi connectivity index (χ4v) is 3.20. The van der Waals surface area contributed by atoms with Crippen molar-refractivity contribution in [1.29, 1.82) is 0 Å². The van der Waals surface area contributed by atoms with E-state index in [0.29, 0.717) is 11.5 Å². The summed E-state index contributed by atoms with van der Waals surface area (Å²) in [4.78, 5) is 46.5. The number of ether oxygens (including phenoxy) is 2. The quantitative estimate of drug-likeness (QED) is 0.294. The van der Waals surface area contributed by atoms with Crippen LogP contribution in [0.5, 0.6) is 11.5 Å². The molecule has 2 aromatic carbocycles. The summed E-state index contributed by atoms with van der Waals surface area (Å²) in [7, 11) is 0. The molecule has 1 heterocycles. The fraction of sp³-hybridized carbons (Fsp3) is 0.211. The number of hydrogen-bond donors (Lipinski definition) is 2. The highest BCUT2D eigenvalue weighted by Gasteiger charge is 2.38. The van der Waals surface area contributed by atoms with Crippen molar-refractivity contribution in [3.63, 3.8) is 0 Å². The van der Waals surface area contributed by atoms with Crippen molar-refractivity contribution in [2.75, 3.05) is 6.79 Å². The third kappa shape index (κ3) is 4.00. The lowest BCUT2D eigenvalue weighted by atomic mass is 9.81. The van der Waals surface area contributed by atoms with E-state index in [4.69, 9.17) is 9.47 Å². The van der Waals surface area contributed by atoms with Crippen molar-refractivity contribution in [2.24, 2.45) is 5.92 Å². The van der Waals surface area contributed by atoms with Gasteiger partial charge in [0.25, 0.3) is 5.69 Å². The van der Waals surface area contributed by atoms with Crippen LogP contribution in [0.25, 0.3) is 0 Å². The van der Waals surface area contributed by atoms with Gasteiger partial charge in [0.2, 0.25) is 6.79 Å². The second-order valence-corrected chi connectivity index (χ2v) is 6.27. The summed E-state index contributed by atoms with van der Waals surface area (Å²) in [5.41, 5.74) is -0.433. The number of carbonyl (C=O) groups is 3. The molecule has 0 radical (unpaired) electrons. The number of carboxylic acids is 2. The Hall–Kier alpha value is -3.95. The molecule has 10 heteroatoms. The Bertz CT molecular complexity index is 987. The number of para-hydroxylation sites is 1. The first-order valence-electron chi connectivity index (χ1n) is 8.41. The van der Waals surface area contributed by atoms with Gasteiger partial charge in [-0.2, -0.15) is 0 Å². The molecular weight excluding hydrogens is 386 g/mol. The van der Waals surface area contributed by atoms with E-state index >= 15 is 0 Å². The van der Waals surface area contributed by atoms with Gasteiger partial charge in [-0.25, -0.2) is 0 Å². The highest BCUT2D eigenvalue weighted by molar-refractivity contribution is 6.02. The largest absolute Gasteiger partial charge is 0.481 e. The van der Waals surface area contributed by atoms with Crippen molar-refractivity contribution >= 4 is 23.4 Å². The summed E-state index contributed by atoms with van der Waals surface area (Å²) in [5, 5.41) is 30.1. The summed E-state index contributed by atoms with van der Waals surface area (Å²) < 4.78 is 10.4. The average Bonchev–Trinajstić information content (AvgIpc) is 3.14. The van der Waals surface area contributed by atoms with Crippen molar-refractivity contribution in [2.45, 2.75) is 12.3 Å². The summed E-state index contributed by atoms with van der Waals surface area (Å²) >= 11 is 0. The van der Waals surface area contributed by atoms with Crippen molar-refractivity contribution in [1.82, 2.24) is 0 Å². The lowest BCUT2D eigenvalue weighted by Crippen LogP contribution is -2.31. The van der Waals surface area contributed by atoms with E-state index in [1.807, 2.05) is 0 Å². The predicted octanol–water partition coefficient (Wildman–Crippen LogP) is 2.47. The number of carboxylic acid groups (broad SMARTS) is 2. The lowest BCUT2D eigenvalue weighted by molar-refractivity contribution is -0.385. The van der Waals surface area contributed by atoms with Gasteiger partial charge in [0, 0.05) is 18.4 Å². The normalized spacial score (nSPS) is 13.1. The Morgan fingerprint density at radius 1 is 1.03 bits per heavy atom. The number of rotatable bonds is 8. The number of nitro groups is 1. The number of benzene rings is 2. The van der Waals surface area contributed by atoms with Gasteiger partial charge in [-0.05, 0) is 23.8 Å². The van der Waals surface area contributed by atoms with Crippen LogP contribution < -0.4 is 9.47 Å². The number of hydrogen-bond acceptors (Lipinski definition) is 7. The van der Waals surface area contributed by atoms with Gasteiger partial charge in [0.15, 0.2) is 23.2 Å². The summed E-state index contributed by atoms with van der Waals surface area (Å²) in [6, 6.07) is 9.56. The molecule has 10 nitrogen and oxygen atoms in total. The minimum Gasteiger partial charge on any atom is -0.481 e. The van der Waals surface area contributed by atoms with E-state index in [9.17, 15) is 34.7 Å². The van der Waals surface area contributed by atoms with Gasteiger partial charge in [0.1, 0.15) is 0 Å². The van der Waals surface area contributed by atoms with Gasteiger partial charge in [-0.3, -0.25) is 24.5 Å². The summed E-state index contributed by atoms with van der Waals surface area (Å²) in [5.74, 6) is -6.53. The van der Waals surface area contributed by atoms with Crippen LogP contribution in [0, 0.1) is 16.0 Å². The molecule has 0 aliphatic carbocycles. The summed E-state index contributed by atoms with van der Waals surface area (Å²) in [6.45, 7) is -0.0418. The number of nitrogens with zero attached hydrogens (tertiary/aromatic N) is 1. The molecule has 1 aliphatic heterocycles. The second kappa shape index (κ2) is 7.97. The van der Waals surface area contributed by atoms with E-state index in [1.54, 1.807) is 0 Å². The SMILES string of the molecule is O=C(CC(c1ccc2c(c1)OCO2)C(C(=O)O)C(=O)O)c1ccccc1[N+](=O)[O-]. The molecule has 150 valence electrons. The molecule has 1 aliphatic rings. The third-order valence-corrected chi connectivity index (χ3v) is 4.57. The van der Waals surface area contributed by atoms with E-state index in [1.165, 1.54) is 36.4 Å². The number of ketones is 1. The Labute approximate surface area is 163 Å². The molecule has 0 aromatic heterocycles. The van der Waals surface area contributed by atoms with Crippen LogP contribution in [0.2, 0.25) is 0 Å². The minimum absolute atomic E-state index is 0.0418. The van der Waals surface area contributed by atoms with Gasteiger partial charge in [0.05, 0.1) is 10.5 Å². The molecule has 3 rings (SSSR count). The van der Waals surface area contributed by atoms with Gasteiger partial charge in [-0.15, -0.1) is 0 Å². The van der Waals surface area contributed by atoms with Gasteiger partial charge < -0.3 is 19.7 Å². The molecule has 0 bridgehead atoms. The Morgan fingerprint density at radius 3 is 2.34 bits per heavy atom. The van der Waals surface area contributed by atoms with E-state index in [-0.39, 0.29) is 17.9 Å². The molecular formula is C19H15NO9. The number of Topliss-reactive ketones (excluding diaryl/α,β-unsaturated/α-hetero) is 1. The summed E-state index contributed by atoms with van der Waals surface area (Å²) in [6.07, 6.45) is -0.562. The molecule has 0 amide bonds. The van der Waals surface area contributed by atoms with Crippen LogP contribution in [0.4, 0.5) is 5.69 Å². The first kappa shape index (κ1) is 19.8. The molecule has 1 atom stereocenters. The lowest BCUT2D eigenvalue weighted by Gasteiger charge is -2.21. The van der Waals surface area contributed by atoms with E-state index in [2.05, 4.69) is 0 Å². The van der Waals surface area contributed by atoms with Gasteiger partial charge >= 0.3 is 11.9 Å². The zero-order valence-corrected chi connectivity index (χ0v) is 14.8. The molecule has 2 aromatic rings. The van der Waals surface area contributed by atoms with Gasteiger partial charge in [-0.1, -0.05) is 18.2 Å². The maximum absolute atomic E-state index is 12.8. The Morgan fingerprint density at radius 2 is 1.69 bits per heavy atom. The Balaban J connectivity index is 2.02. The maximum atomic E-state index is 12.8. The molecule has 0 saturated carbocycles. The van der Waals surface area contributed by atoms with Crippen molar-refractivity contribution < 1.29 is 39.0 Å². The first-order valence-corrected chi connectivity index (χ1v) is 8.41. The Kier molecular flexibility index (Phi) is 5.44. The fourth-order valence-electron chi connectivity index (χ4n) is 3.20. The predicted molar refractivity (Wildman–Crippen MR) is 96.1 cm³/mol. The minimum atomic E-state index is -1.94. The molecule has 1 unspecified atom stereocenters. The number of fused-ring (bicyclic) bond motifs is 1. The molecule has 0 saturated heterocycles. The molecule has 29 heavy (non-hydrogen) atoms. The second-order valence-electron chi connectivity index (χ2n) is 6.27. The van der Waals surface area contributed by atoms with E-state index < -0.39 is 46.6 Å². The number of aliphatic carboxylic acids is 2. The van der Waals surface area contributed by atoms with Crippen LogP contribution in [-0.4, -0.2) is 39.7 Å². The van der Waals surface area contributed by atoms with Crippen LogP contribution in [0.3, 0.4) is 0 Å². The number of nitro benzene ring substituents is 1. The standard InChI is InChI=1S/C19H15NO9/c21-14(11-3-1-2-4-13(11)20(26)27)8-12(17(18(22)23)19(24)25)10-5-6-15-16(7-10)29-9-28-15/h1-7,12,17H,8-9H2,(H,22,23)(H,24,25). The van der Waals surface area contributed by atoms with Crippen LogP contribution in [0.1, 0.15) is 28.3 Å². The maximum Gasteiger partial charge on any atom is 0.318 e. The average molecular weight is 401 g/mol. The van der Waals surface area contributed by atoms with Crippen molar-refractivity contribution in [3.05, 3.63) is 63.7 Å².